The molecule has 3 atom stereocenters. The average Bonchev–Trinajstić information content (AvgIpc) is 2.04. The molecule has 0 bridgehead atoms. The molecular formula is C9H18OS. The van der Waals surface area contributed by atoms with Gasteiger partial charge in [0.15, 0.2) is 0 Å². The molecule has 0 spiro atoms. The van der Waals surface area contributed by atoms with E-state index in [4.69, 9.17) is 5.11 Å². The number of thiol groups is 1. The van der Waals surface area contributed by atoms with Crippen molar-refractivity contribution in [3.63, 3.8) is 0 Å². The first-order chi connectivity index (χ1) is 5.25. The van der Waals surface area contributed by atoms with Crippen LogP contribution in [0.4, 0.5) is 0 Å². The summed E-state index contributed by atoms with van der Waals surface area (Å²) in [6, 6.07) is 0. The van der Waals surface area contributed by atoms with Gasteiger partial charge in [-0.25, -0.2) is 0 Å². The summed E-state index contributed by atoms with van der Waals surface area (Å²) in [5.74, 6) is 1.17. The molecular weight excluding hydrogens is 156 g/mol. The van der Waals surface area contributed by atoms with Gasteiger partial charge in [0.1, 0.15) is 0 Å². The van der Waals surface area contributed by atoms with E-state index in [0.29, 0.717) is 23.7 Å². The van der Waals surface area contributed by atoms with Crippen LogP contribution in [0.3, 0.4) is 0 Å². The van der Waals surface area contributed by atoms with Crippen LogP contribution in [0.5, 0.6) is 0 Å². The largest absolute Gasteiger partial charge is 0.396 e. The van der Waals surface area contributed by atoms with Crippen molar-refractivity contribution < 1.29 is 5.11 Å². The van der Waals surface area contributed by atoms with E-state index in [1.165, 1.54) is 25.7 Å². The fraction of sp³-hybridized carbons (Fsp3) is 1.00. The molecule has 0 aromatic heterocycles. The van der Waals surface area contributed by atoms with Crippen molar-refractivity contribution in [3.05, 3.63) is 0 Å². The fourth-order valence-electron chi connectivity index (χ4n) is 2.10. The lowest BCUT2D eigenvalue weighted by Gasteiger charge is -2.32. The molecule has 1 rings (SSSR count). The minimum absolute atomic E-state index is 0.357. The molecule has 0 amide bonds. The monoisotopic (exact) mass is 174 g/mol. The second-order valence-corrected chi connectivity index (χ2v) is 4.45. The number of aliphatic hydroxyl groups is 1. The third-order valence-electron chi connectivity index (χ3n) is 2.82. The lowest BCUT2D eigenvalue weighted by Crippen LogP contribution is -2.28. The highest BCUT2D eigenvalue weighted by molar-refractivity contribution is 7.80. The van der Waals surface area contributed by atoms with Crippen LogP contribution in [0.1, 0.15) is 32.6 Å². The zero-order valence-corrected chi connectivity index (χ0v) is 8.06. The molecule has 1 nitrogen and oxygen atoms in total. The van der Waals surface area contributed by atoms with Crippen LogP contribution >= 0.6 is 12.6 Å². The molecule has 0 aliphatic heterocycles. The molecule has 11 heavy (non-hydrogen) atoms. The summed E-state index contributed by atoms with van der Waals surface area (Å²) in [5, 5.41) is 9.53. The molecule has 1 fully saturated rings. The van der Waals surface area contributed by atoms with Gasteiger partial charge in [-0.05, 0) is 24.7 Å². The highest BCUT2D eigenvalue weighted by Gasteiger charge is 2.26. The first-order valence-corrected chi connectivity index (χ1v) is 5.06. The molecule has 1 saturated carbocycles. The zero-order chi connectivity index (χ0) is 8.27. The van der Waals surface area contributed by atoms with Crippen molar-refractivity contribution in [1.29, 1.82) is 0 Å². The molecule has 66 valence electrons. The Labute approximate surface area is 74.6 Å². The Bertz CT molecular complexity index is 114. The van der Waals surface area contributed by atoms with Crippen LogP contribution in [0, 0.1) is 11.8 Å². The van der Waals surface area contributed by atoms with Crippen LogP contribution in [-0.4, -0.2) is 17.0 Å². The van der Waals surface area contributed by atoms with E-state index in [1.54, 1.807) is 0 Å². The van der Waals surface area contributed by atoms with Crippen LogP contribution < -0.4 is 0 Å². The van der Waals surface area contributed by atoms with Crippen LogP contribution in [0.15, 0.2) is 0 Å². The lowest BCUT2D eigenvalue weighted by molar-refractivity contribution is 0.135. The summed E-state index contributed by atoms with van der Waals surface area (Å²) < 4.78 is 0. The minimum atomic E-state index is 0.357. The van der Waals surface area contributed by atoms with Gasteiger partial charge in [0, 0.05) is 11.9 Å². The SMILES string of the molecule is CC(S)C1CCCCC1CO. The normalized spacial score (nSPS) is 35.2. The Balaban J connectivity index is 2.44. The Morgan fingerprint density at radius 3 is 2.55 bits per heavy atom. The molecule has 2 heteroatoms. The van der Waals surface area contributed by atoms with Gasteiger partial charge in [-0.1, -0.05) is 19.8 Å². The summed E-state index contributed by atoms with van der Waals surface area (Å²) >= 11 is 4.44. The summed E-state index contributed by atoms with van der Waals surface area (Å²) in [5.41, 5.74) is 0. The molecule has 0 aromatic carbocycles. The predicted octanol–water partition coefficient (Wildman–Crippen LogP) is 2.10. The molecule has 0 radical (unpaired) electrons. The van der Waals surface area contributed by atoms with Gasteiger partial charge in [-0.3, -0.25) is 0 Å². The molecule has 3 unspecified atom stereocenters. The predicted molar refractivity (Wildman–Crippen MR) is 51.0 cm³/mol. The summed E-state index contributed by atoms with van der Waals surface area (Å²) in [6.45, 7) is 2.50. The van der Waals surface area contributed by atoms with Crippen LogP contribution in [-0.2, 0) is 0 Å². The fourth-order valence-corrected chi connectivity index (χ4v) is 2.49. The van der Waals surface area contributed by atoms with Gasteiger partial charge in [-0.15, -0.1) is 0 Å². The second kappa shape index (κ2) is 4.36. The van der Waals surface area contributed by atoms with Gasteiger partial charge in [0.05, 0.1) is 0 Å². The Morgan fingerprint density at radius 2 is 2.09 bits per heavy atom. The van der Waals surface area contributed by atoms with Gasteiger partial charge >= 0.3 is 0 Å². The Hall–Kier alpha value is 0.310. The maximum absolute atomic E-state index is 9.08. The van der Waals surface area contributed by atoms with Crippen molar-refractivity contribution in [1.82, 2.24) is 0 Å². The van der Waals surface area contributed by atoms with E-state index in [-0.39, 0.29) is 0 Å². The first kappa shape index (κ1) is 9.40. The van der Waals surface area contributed by atoms with Crippen LogP contribution in [0.25, 0.3) is 0 Å². The Kier molecular flexibility index (Phi) is 3.73. The van der Waals surface area contributed by atoms with Gasteiger partial charge in [-0.2, -0.15) is 12.6 Å². The molecule has 1 N–H and O–H groups in total. The van der Waals surface area contributed by atoms with Crippen molar-refractivity contribution >= 4 is 12.6 Å². The van der Waals surface area contributed by atoms with E-state index >= 15 is 0 Å². The van der Waals surface area contributed by atoms with E-state index in [1.807, 2.05) is 0 Å². The van der Waals surface area contributed by atoms with Crippen molar-refractivity contribution in [2.24, 2.45) is 11.8 Å². The molecule has 1 aliphatic rings. The standard InChI is InChI=1S/C9H18OS/c1-7(11)9-5-3-2-4-8(9)6-10/h7-11H,2-6H2,1H3. The van der Waals surface area contributed by atoms with Crippen molar-refractivity contribution in [2.75, 3.05) is 6.61 Å². The maximum Gasteiger partial charge on any atom is 0.0462 e. The quantitative estimate of drug-likeness (QED) is 0.614. The van der Waals surface area contributed by atoms with E-state index in [9.17, 15) is 0 Å². The van der Waals surface area contributed by atoms with E-state index < -0.39 is 0 Å². The smallest absolute Gasteiger partial charge is 0.0462 e. The Morgan fingerprint density at radius 1 is 1.45 bits per heavy atom. The highest BCUT2D eigenvalue weighted by atomic mass is 32.1. The van der Waals surface area contributed by atoms with E-state index in [2.05, 4.69) is 19.6 Å². The van der Waals surface area contributed by atoms with Gasteiger partial charge in [0.2, 0.25) is 0 Å². The summed E-state index contributed by atoms with van der Waals surface area (Å²) in [7, 11) is 0. The topological polar surface area (TPSA) is 20.2 Å². The number of hydrogen-bond donors (Lipinski definition) is 2. The maximum atomic E-state index is 9.08. The zero-order valence-electron chi connectivity index (χ0n) is 7.16. The molecule has 0 aromatic rings. The first-order valence-electron chi connectivity index (χ1n) is 4.54. The second-order valence-electron chi connectivity index (χ2n) is 3.63. The molecule has 0 heterocycles. The number of hydrogen-bond acceptors (Lipinski definition) is 2. The minimum Gasteiger partial charge on any atom is -0.396 e. The van der Waals surface area contributed by atoms with Gasteiger partial charge < -0.3 is 5.11 Å². The van der Waals surface area contributed by atoms with E-state index in [0.717, 1.165) is 0 Å². The van der Waals surface area contributed by atoms with Crippen LogP contribution in [0.2, 0.25) is 0 Å². The summed E-state index contributed by atoms with van der Waals surface area (Å²) in [4.78, 5) is 0. The van der Waals surface area contributed by atoms with Crippen molar-refractivity contribution in [3.8, 4) is 0 Å². The summed E-state index contributed by atoms with van der Waals surface area (Å²) in [6.07, 6.45) is 5.08. The number of rotatable bonds is 2. The molecule has 0 saturated heterocycles. The third-order valence-corrected chi connectivity index (χ3v) is 3.20. The average molecular weight is 174 g/mol. The van der Waals surface area contributed by atoms with Gasteiger partial charge in [0.25, 0.3) is 0 Å². The highest BCUT2D eigenvalue weighted by Crippen LogP contribution is 2.33. The molecule has 1 aliphatic carbocycles. The van der Waals surface area contributed by atoms with Crippen molar-refractivity contribution in [2.45, 2.75) is 37.9 Å². The lowest BCUT2D eigenvalue weighted by atomic mass is 9.78. The number of aliphatic hydroxyl groups excluding tert-OH is 1. The third kappa shape index (κ3) is 2.38.